The van der Waals surface area contributed by atoms with E-state index in [9.17, 15) is 9.90 Å². The molecule has 0 spiro atoms. The van der Waals surface area contributed by atoms with Crippen molar-refractivity contribution in [2.45, 2.75) is 63.6 Å². The number of aliphatic hydroxyl groups is 1. The molecule has 0 saturated heterocycles. The largest absolute Gasteiger partial charge is 0.489 e. The number of carboxylic acids is 1. The second-order valence-electron chi connectivity index (χ2n) is 7.82. The Balaban J connectivity index is 1.73. The molecule has 1 aliphatic carbocycles. The van der Waals surface area contributed by atoms with E-state index in [-0.39, 0.29) is 24.4 Å². The lowest BCUT2D eigenvalue weighted by Crippen LogP contribution is -2.16. The highest BCUT2D eigenvalue weighted by molar-refractivity contribution is 5.66. The number of fused-ring (bicyclic) bond motifs is 3. The molecule has 0 radical (unpaired) electrons. The van der Waals surface area contributed by atoms with Gasteiger partial charge in [-0.15, -0.1) is 12.3 Å². The van der Waals surface area contributed by atoms with Crippen LogP contribution in [0.25, 0.3) is 0 Å². The number of ether oxygens (including phenoxy) is 1. The molecular formula is C23H28O4. The third-order valence-corrected chi connectivity index (χ3v) is 5.69. The van der Waals surface area contributed by atoms with Crippen LogP contribution >= 0.6 is 0 Å². The molecule has 4 heteroatoms. The van der Waals surface area contributed by atoms with Gasteiger partial charge in [-0.05, 0) is 30.7 Å². The van der Waals surface area contributed by atoms with Crippen molar-refractivity contribution >= 4 is 5.97 Å². The Hall–Kier alpha value is -2.25. The van der Waals surface area contributed by atoms with E-state index in [4.69, 9.17) is 16.3 Å². The number of hydrogen-bond donors (Lipinski definition) is 2. The van der Waals surface area contributed by atoms with Gasteiger partial charge in [0.1, 0.15) is 11.9 Å². The van der Waals surface area contributed by atoms with Gasteiger partial charge < -0.3 is 14.9 Å². The molecule has 5 atom stereocenters. The van der Waals surface area contributed by atoms with Crippen LogP contribution in [0.2, 0.25) is 0 Å². The maximum absolute atomic E-state index is 10.8. The molecule has 4 nitrogen and oxygen atoms in total. The third-order valence-electron chi connectivity index (χ3n) is 5.69. The number of carboxylic acid groups (broad SMARTS) is 1. The summed E-state index contributed by atoms with van der Waals surface area (Å²) in [6.07, 6.45) is 13.0. The minimum absolute atomic E-state index is 0.00611. The highest BCUT2D eigenvalue weighted by Crippen LogP contribution is 2.52. The topological polar surface area (TPSA) is 66.8 Å². The van der Waals surface area contributed by atoms with Crippen molar-refractivity contribution in [3.05, 3.63) is 41.5 Å². The van der Waals surface area contributed by atoms with E-state index >= 15 is 0 Å². The van der Waals surface area contributed by atoms with E-state index in [1.807, 2.05) is 12.1 Å². The zero-order chi connectivity index (χ0) is 19.4. The molecule has 0 unspecified atom stereocenters. The van der Waals surface area contributed by atoms with E-state index in [0.29, 0.717) is 25.2 Å². The summed E-state index contributed by atoms with van der Waals surface area (Å²) in [5, 5.41) is 19.4. The van der Waals surface area contributed by atoms with E-state index in [1.54, 1.807) is 0 Å². The molecule has 1 aromatic carbocycles. The SMILES string of the molecule is C#CC[C@@H](C)C/C=C/[C@@H]1[C@H]2c3cccc(CCCC(=O)O)c3O[C@H]2C[C@H]1O. The second-order valence-corrected chi connectivity index (χ2v) is 7.82. The summed E-state index contributed by atoms with van der Waals surface area (Å²) in [5.41, 5.74) is 2.22. The van der Waals surface area contributed by atoms with Gasteiger partial charge in [0.05, 0.1) is 6.10 Å². The summed E-state index contributed by atoms with van der Waals surface area (Å²) < 4.78 is 6.22. The first kappa shape index (κ1) is 19.5. The van der Waals surface area contributed by atoms with Gasteiger partial charge in [-0.1, -0.05) is 37.3 Å². The number of aryl methyl sites for hydroxylation is 1. The van der Waals surface area contributed by atoms with Crippen LogP contribution in [0.3, 0.4) is 0 Å². The van der Waals surface area contributed by atoms with Crippen LogP contribution in [0.4, 0.5) is 0 Å². The van der Waals surface area contributed by atoms with Crippen molar-refractivity contribution in [1.82, 2.24) is 0 Å². The molecule has 0 amide bonds. The standard InChI is InChI=1S/C23H28O4/c1-3-7-15(2)8-4-11-17-19(24)14-20-22(17)18-12-5-9-16(23(18)27-20)10-6-13-21(25)26/h1,4-5,9,11-12,15,17,19-20,22,24H,6-8,10,13-14H2,2H3,(H,25,26)/b11-4+/t15-,17+,19-,20+,22+/m1/s1. The predicted molar refractivity (Wildman–Crippen MR) is 105 cm³/mol. The first-order chi connectivity index (χ1) is 13.0. The normalized spacial score (nSPS) is 27.0. The number of aliphatic carboxylic acids is 1. The molecule has 1 saturated carbocycles. The monoisotopic (exact) mass is 368 g/mol. The lowest BCUT2D eigenvalue weighted by Gasteiger charge is -2.17. The number of rotatable bonds is 8. The summed E-state index contributed by atoms with van der Waals surface area (Å²) in [4.78, 5) is 10.8. The summed E-state index contributed by atoms with van der Waals surface area (Å²) in [5.74, 6) is 3.47. The zero-order valence-electron chi connectivity index (χ0n) is 15.8. The molecule has 1 aliphatic heterocycles. The highest BCUT2D eigenvalue weighted by Gasteiger charge is 2.48. The Morgan fingerprint density at radius 3 is 3.04 bits per heavy atom. The molecule has 1 aromatic rings. The molecule has 0 bridgehead atoms. The van der Waals surface area contributed by atoms with E-state index in [1.165, 1.54) is 0 Å². The number of hydrogen-bond acceptors (Lipinski definition) is 3. The van der Waals surface area contributed by atoms with Gasteiger partial charge >= 0.3 is 5.97 Å². The average Bonchev–Trinajstić information content (AvgIpc) is 3.11. The molecule has 27 heavy (non-hydrogen) atoms. The van der Waals surface area contributed by atoms with Crippen LogP contribution in [0.15, 0.2) is 30.4 Å². The number of benzene rings is 1. The van der Waals surface area contributed by atoms with Crippen LogP contribution in [0.5, 0.6) is 5.75 Å². The van der Waals surface area contributed by atoms with Crippen LogP contribution in [-0.4, -0.2) is 28.4 Å². The fourth-order valence-corrected chi connectivity index (χ4v) is 4.35. The summed E-state index contributed by atoms with van der Waals surface area (Å²) in [6, 6.07) is 6.12. The van der Waals surface area contributed by atoms with Gasteiger partial charge in [-0.3, -0.25) is 4.79 Å². The lowest BCUT2D eigenvalue weighted by molar-refractivity contribution is -0.137. The molecule has 144 valence electrons. The van der Waals surface area contributed by atoms with E-state index in [0.717, 1.165) is 29.7 Å². The van der Waals surface area contributed by atoms with Crippen molar-refractivity contribution < 1.29 is 19.7 Å². The van der Waals surface area contributed by atoms with Gasteiger partial charge in [-0.25, -0.2) is 0 Å². The van der Waals surface area contributed by atoms with Crippen molar-refractivity contribution in [1.29, 1.82) is 0 Å². The molecule has 2 aliphatic rings. The van der Waals surface area contributed by atoms with Crippen molar-refractivity contribution in [3.63, 3.8) is 0 Å². The first-order valence-electron chi connectivity index (χ1n) is 9.79. The van der Waals surface area contributed by atoms with Crippen molar-refractivity contribution in [2.75, 3.05) is 0 Å². The maximum atomic E-state index is 10.8. The average molecular weight is 368 g/mol. The molecule has 2 N–H and O–H groups in total. The molecule has 3 rings (SSSR count). The van der Waals surface area contributed by atoms with Crippen LogP contribution in [-0.2, 0) is 11.2 Å². The summed E-state index contributed by atoms with van der Waals surface area (Å²) in [6.45, 7) is 2.13. The maximum Gasteiger partial charge on any atom is 0.303 e. The number of terminal acetylenes is 1. The van der Waals surface area contributed by atoms with E-state index in [2.05, 4.69) is 31.1 Å². The first-order valence-corrected chi connectivity index (χ1v) is 9.79. The molecule has 0 aromatic heterocycles. The second kappa shape index (κ2) is 8.63. The van der Waals surface area contributed by atoms with Gasteiger partial charge in [-0.2, -0.15) is 0 Å². The van der Waals surface area contributed by atoms with Crippen LogP contribution < -0.4 is 4.74 Å². The lowest BCUT2D eigenvalue weighted by atomic mass is 9.86. The van der Waals surface area contributed by atoms with Crippen LogP contribution in [0, 0.1) is 24.2 Å². The Morgan fingerprint density at radius 2 is 2.30 bits per heavy atom. The van der Waals surface area contributed by atoms with Gasteiger partial charge in [0, 0.05) is 36.7 Å². The molecular weight excluding hydrogens is 340 g/mol. The van der Waals surface area contributed by atoms with Gasteiger partial charge in [0.25, 0.3) is 0 Å². The number of para-hydroxylation sites is 1. The van der Waals surface area contributed by atoms with Gasteiger partial charge in [0.15, 0.2) is 0 Å². The Morgan fingerprint density at radius 1 is 1.48 bits per heavy atom. The highest BCUT2D eigenvalue weighted by atomic mass is 16.5. The number of aliphatic hydroxyl groups excluding tert-OH is 1. The number of carbonyl (C=O) groups is 1. The van der Waals surface area contributed by atoms with Crippen molar-refractivity contribution in [2.24, 2.45) is 11.8 Å². The zero-order valence-corrected chi connectivity index (χ0v) is 15.8. The minimum atomic E-state index is -0.771. The molecule has 1 fully saturated rings. The fourth-order valence-electron chi connectivity index (χ4n) is 4.35. The minimum Gasteiger partial charge on any atom is -0.489 e. The third kappa shape index (κ3) is 4.36. The predicted octanol–water partition coefficient (Wildman–Crippen LogP) is 3.93. The van der Waals surface area contributed by atoms with Gasteiger partial charge in [0.2, 0.25) is 0 Å². The Bertz CT molecular complexity index is 745. The van der Waals surface area contributed by atoms with Crippen LogP contribution in [0.1, 0.15) is 56.1 Å². The number of allylic oxidation sites excluding steroid dienone is 1. The smallest absolute Gasteiger partial charge is 0.303 e. The molecule has 1 heterocycles. The van der Waals surface area contributed by atoms with E-state index < -0.39 is 12.1 Å². The summed E-state index contributed by atoms with van der Waals surface area (Å²) in [7, 11) is 0. The Kier molecular flexibility index (Phi) is 6.23. The Labute approximate surface area is 161 Å². The quantitative estimate of drug-likeness (QED) is 0.539. The van der Waals surface area contributed by atoms with Crippen molar-refractivity contribution in [3.8, 4) is 18.1 Å². The fraction of sp³-hybridized carbons (Fsp3) is 0.522. The summed E-state index contributed by atoms with van der Waals surface area (Å²) >= 11 is 0.